The molecule has 138 valence electrons. The minimum atomic E-state index is -0.174. The molecule has 25 heavy (non-hydrogen) atoms. The first-order chi connectivity index (χ1) is 11.7. The van der Waals surface area contributed by atoms with Crippen LogP contribution in [-0.2, 0) is 6.54 Å². The van der Waals surface area contributed by atoms with Gasteiger partial charge < -0.3 is 24.9 Å². The predicted octanol–water partition coefficient (Wildman–Crippen LogP) is 1.99. The molecule has 2 aromatic rings. The third-order valence-electron chi connectivity index (χ3n) is 3.55. The lowest BCUT2D eigenvalue weighted by Gasteiger charge is -2.12. The number of hydrogen-bond acceptors (Lipinski definition) is 3. The first kappa shape index (κ1) is 21.1. The van der Waals surface area contributed by atoms with Crippen molar-refractivity contribution in [2.24, 2.45) is 4.99 Å². The summed E-state index contributed by atoms with van der Waals surface area (Å²) in [4.78, 5) is 16.0. The highest BCUT2D eigenvalue weighted by molar-refractivity contribution is 14.0. The number of amides is 1. The fourth-order valence-electron chi connectivity index (χ4n) is 2.23. The number of aliphatic imine (C=N–C) groups is 1. The van der Waals surface area contributed by atoms with Crippen molar-refractivity contribution in [3.8, 4) is 0 Å². The van der Waals surface area contributed by atoms with Gasteiger partial charge in [0.05, 0.1) is 6.26 Å². The Morgan fingerprint density at radius 3 is 2.48 bits per heavy atom. The number of aryl methyl sites for hydroxylation is 1. The fourth-order valence-corrected chi connectivity index (χ4v) is 2.23. The van der Waals surface area contributed by atoms with Crippen molar-refractivity contribution in [2.45, 2.75) is 19.9 Å². The maximum atomic E-state index is 11.9. The van der Waals surface area contributed by atoms with E-state index in [-0.39, 0.29) is 29.9 Å². The maximum Gasteiger partial charge on any atom is 0.287 e. The van der Waals surface area contributed by atoms with Crippen molar-refractivity contribution < 1.29 is 9.21 Å². The number of nitrogens with one attached hydrogen (secondary N) is 3. The monoisotopic (exact) mass is 459 g/mol. The van der Waals surface area contributed by atoms with E-state index in [2.05, 4.69) is 25.5 Å². The number of carbonyl (C=O) groups is 1. The first-order valence-electron chi connectivity index (χ1n) is 8.08. The quantitative estimate of drug-likeness (QED) is 0.244. The van der Waals surface area contributed by atoms with E-state index in [1.165, 1.54) is 6.26 Å². The van der Waals surface area contributed by atoms with E-state index in [0.29, 0.717) is 12.3 Å². The summed E-state index contributed by atoms with van der Waals surface area (Å²) in [6.07, 6.45) is 6.38. The third kappa shape index (κ3) is 7.20. The molecule has 0 aliphatic heterocycles. The van der Waals surface area contributed by atoms with Crippen molar-refractivity contribution in [3.05, 3.63) is 48.2 Å². The van der Waals surface area contributed by atoms with Crippen molar-refractivity contribution in [1.82, 2.24) is 20.5 Å². The van der Waals surface area contributed by atoms with E-state index in [4.69, 9.17) is 4.42 Å². The van der Waals surface area contributed by atoms with Crippen molar-refractivity contribution in [2.75, 3.05) is 26.7 Å². The highest BCUT2D eigenvalue weighted by Gasteiger charge is 2.11. The molecule has 0 aromatic carbocycles. The molecular weight excluding hydrogens is 433 g/mol. The van der Waals surface area contributed by atoms with Crippen molar-refractivity contribution in [1.29, 1.82) is 0 Å². The van der Waals surface area contributed by atoms with Gasteiger partial charge in [0.1, 0.15) is 0 Å². The van der Waals surface area contributed by atoms with E-state index in [1.807, 2.05) is 31.5 Å². The van der Waals surface area contributed by atoms with Gasteiger partial charge in [-0.15, -0.1) is 24.0 Å². The van der Waals surface area contributed by atoms with Gasteiger partial charge in [-0.2, -0.15) is 0 Å². The Kier molecular flexibility index (Phi) is 9.75. The molecule has 0 bridgehead atoms. The molecule has 8 heteroatoms. The lowest BCUT2D eigenvalue weighted by molar-refractivity contribution is 0.0925. The first-order valence-corrected chi connectivity index (χ1v) is 8.08. The summed E-state index contributed by atoms with van der Waals surface area (Å²) in [6.45, 7) is 4.82. The van der Waals surface area contributed by atoms with Gasteiger partial charge in [0.25, 0.3) is 5.91 Å². The molecule has 2 heterocycles. The summed E-state index contributed by atoms with van der Waals surface area (Å²) >= 11 is 0. The number of carbonyl (C=O) groups excluding carboxylic acids is 1. The van der Waals surface area contributed by atoms with Crippen LogP contribution in [0.15, 0.2) is 46.3 Å². The summed E-state index contributed by atoms with van der Waals surface area (Å²) < 4.78 is 7.26. The van der Waals surface area contributed by atoms with Gasteiger partial charge in [-0.05, 0) is 31.5 Å². The Morgan fingerprint density at radius 1 is 1.16 bits per heavy atom. The zero-order chi connectivity index (χ0) is 17.2. The van der Waals surface area contributed by atoms with Gasteiger partial charge >= 0.3 is 0 Å². The SMILES string of the molecule is CN=C(NCCCNC(=O)c1occc1C)NCCn1cccc1.I. The molecule has 0 aliphatic rings. The molecule has 7 nitrogen and oxygen atoms in total. The molecule has 0 atom stereocenters. The minimum Gasteiger partial charge on any atom is -0.459 e. The Bertz CT molecular complexity index is 652. The lowest BCUT2D eigenvalue weighted by atomic mass is 10.2. The standard InChI is InChI=1S/C17H25N5O2.HI/c1-14-6-13-24-15(14)16(23)19-7-5-8-20-17(18-2)21-9-12-22-10-3-4-11-22;/h3-4,6,10-11,13H,5,7-9,12H2,1-2H3,(H,19,23)(H2,18,20,21);1H. The van der Waals surface area contributed by atoms with E-state index in [1.54, 1.807) is 13.1 Å². The van der Waals surface area contributed by atoms with E-state index >= 15 is 0 Å². The van der Waals surface area contributed by atoms with Crippen LogP contribution in [0.1, 0.15) is 22.5 Å². The van der Waals surface area contributed by atoms with Crippen LogP contribution >= 0.6 is 24.0 Å². The molecule has 0 aliphatic carbocycles. The van der Waals surface area contributed by atoms with Crippen LogP contribution in [0.4, 0.5) is 0 Å². The molecule has 0 unspecified atom stereocenters. The summed E-state index contributed by atoms with van der Waals surface area (Å²) in [6, 6.07) is 5.79. The second-order valence-electron chi connectivity index (χ2n) is 5.39. The third-order valence-corrected chi connectivity index (χ3v) is 3.55. The number of hydrogen-bond donors (Lipinski definition) is 3. The van der Waals surface area contributed by atoms with E-state index < -0.39 is 0 Å². The number of aromatic nitrogens is 1. The molecule has 3 N–H and O–H groups in total. The second-order valence-corrected chi connectivity index (χ2v) is 5.39. The topological polar surface area (TPSA) is 83.6 Å². The average Bonchev–Trinajstić information content (AvgIpc) is 3.24. The molecule has 0 radical (unpaired) electrons. The highest BCUT2D eigenvalue weighted by atomic mass is 127. The molecule has 1 amide bonds. The number of halogens is 1. The van der Waals surface area contributed by atoms with Crippen LogP contribution < -0.4 is 16.0 Å². The summed E-state index contributed by atoms with van der Waals surface area (Å²) in [5.74, 6) is 0.965. The second kappa shape index (κ2) is 11.6. The number of rotatable bonds is 8. The smallest absolute Gasteiger partial charge is 0.287 e. The zero-order valence-corrected chi connectivity index (χ0v) is 16.9. The van der Waals surface area contributed by atoms with E-state index in [9.17, 15) is 4.79 Å². The minimum absolute atomic E-state index is 0. The Morgan fingerprint density at radius 2 is 1.84 bits per heavy atom. The normalized spacial score (nSPS) is 10.9. The Labute approximate surface area is 165 Å². The Hall–Kier alpha value is -1.97. The van der Waals surface area contributed by atoms with Crippen LogP contribution in [0.3, 0.4) is 0 Å². The summed E-state index contributed by atoms with van der Waals surface area (Å²) in [7, 11) is 1.74. The van der Waals surface area contributed by atoms with Crippen LogP contribution in [0, 0.1) is 6.92 Å². The Balaban J connectivity index is 0.00000312. The van der Waals surface area contributed by atoms with Crippen LogP contribution in [0.25, 0.3) is 0 Å². The van der Waals surface area contributed by atoms with Gasteiger partial charge in [0.2, 0.25) is 0 Å². The van der Waals surface area contributed by atoms with Crippen LogP contribution in [-0.4, -0.2) is 43.1 Å². The van der Waals surface area contributed by atoms with Gasteiger partial charge in [-0.25, -0.2) is 0 Å². The van der Waals surface area contributed by atoms with Crippen molar-refractivity contribution in [3.63, 3.8) is 0 Å². The lowest BCUT2D eigenvalue weighted by Crippen LogP contribution is -2.40. The van der Waals surface area contributed by atoms with Crippen LogP contribution in [0.2, 0.25) is 0 Å². The molecular formula is C17H26IN5O2. The van der Waals surface area contributed by atoms with Gasteiger partial charge in [-0.1, -0.05) is 0 Å². The molecule has 0 saturated heterocycles. The predicted molar refractivity (Wildman–Crippen MR) is 110 cm³/mol. The number of nitrogens with zero attached hydrogens (tertiary/aromatic N) is 2. The highest BCUT2D eigenvalue weighted by Crippen LogP contribution is 2.07. The average molecular weight is 459 g/mol. The molecule has 0 saturated carbocycles. The van der Waals surface area contributed by atoms with Gasteiger partial charge in [-0.3, -0.25) is 9.79 Å². The zero-order valence-electron chi connectivity index (χ0n) is 14.6. The summed E-state index contributed by atoms with van der Waals surface area (Å²) in [5, 5.41) is 9.32. The summed E-state index contributed by atoms with van der Waals surface area (Å²) in [5.41, 5.74) is 0.845. The van der Waals surface area contributed by atoms with Gasteiger partial charge in [0.15, 0.2) is 11.7 Å². The van der Waals surface area contributed by atoms with Crippen LogP contribution in [0.5, 0.6) is 0 Å². The molecule has 2 rings (SSSR count). The fraction of sp³-hybridized carbons (Fsp3) is 0.412. The number of guanidine groups is 1. The van der Waals surface area contributed by atoms with Crippen molar-refractivity contribution >= 4 is 35.8 Å². The molecule has 0 spiro atoms. The molecule has 2 aromatic heterocycles. The van der Waals surface area contributed by atoms with E-state index in [0.717, 1.165) is 37.6 Å². The maximum absolute atomic E-state index is 11.9. The number of furan rings is 1. The molecule has 0 fully saturated rings. The largest absolute Gasteiger partial charge is 0.459 e. The van der Waals surface area contributed by atoms with Gasteiger partial charge in [0, 0.05) is 51.2 Å².